The fraction of sp³-hybridized carbons (Fsp3) is 0.667. The average Bonchev–Trinajstić information content (AvgIpc) is 2.89. The first-order valence-corrected chi connectivity index (χ1v) is 8.07. The Morgan fingerprint density at radius 2 is 2.14 bits per heavy atom. The molecule has 2 unspecified atom stereocenters. The van der Waals surface area contributed by atoms with E-state index in [1.165, 1.54) is 11.1 Å². The molecule has 21 heavy (non-hydrogen) atoms. The van der Waals surface area contributed by atoms with Crippen LogP contribution in [0.25, 0.3) is 0 Å². The Morgan fingerprint density at radius 1 is 1.29 bits per heavy atom. The summed E-state index contributed by atoms with van der Waals surface area (Å²) in [5, 5.41) is 0. The summed E-state index contributed by atoms with van der Waals surface area (Å²) < 4.78 is 17.8. The van der Waals surface area contributed by atoms with Gasteiger partial charge in [-0.2, -0.15) is 0 Å². The molecule has 3 rings (SSSR count). The monoisotopic (exact) mass is 290 g/mol. The quantitative estimate of drug-likeness (QED) is 0.846. The van der Waals surface area contributed by atoms with E-state index in [0.717, 1.165) is 44.8 Å². The number of ether oxygens (including phenoxy) is 3. The van der Waals surface area contributed by atoms with E-state index < -0.39 is 0 Å². The SMILES string of the molecule is Cc1ccc(C(C)C)cc1OC1CCOC2(CCOC2)C1. The van der Waals surface area contributed by atoms with E-state index >= 15 is 0 Å². The van der Waals surface area contributed by atoms with Gasteiger partial charge in [-0.05, 0) is 30.0 Å². The van der Waals surface area contributed by atoms with Crippen molar-refractivity contribution in [2.45, 2.75) is 57.7 Å². The van der Waals surface area contributed by atoms with E-state index in [9.17, 15) is 0 Å². The van der Waals surface area contributed by atoms with Gasteiger partial charge in [0.2, 0.25) is 0 Å². The first kappa shape index (κ1) is 14.9. The van der Waals surface area contributed by atoms with Crippen LogP contribution in [0, 0.1) is 6.92 Å². The van der Waals surface area contributed by atoms with Crippen LogP contribution in [0.5, 0.6) is 5.75 Å². The molecule has 0 bridgehead atoms. The van der Waals surface area contributed by atoms with Crippen molar-refractivity contribution in [2.75, 3.05) is 19.8 Å². The Balaban J connectivity index is 1.72. The molecular weight excluding hydrogens is 264 g/mol. The molecule has 0 radical (unpaired) electrons. The highest BCUT2D eigenvalue weighted by molar-refractivity contribution is 5.38. The van der Waals surface area contributed by atoms with Gasteiger partial charge in [0.15, 0.2) is 0 Å². The van der Waals surface area contributed by atoms with Gasteiger partial charge in [-0.25, -0.2) is 0 Å². The maximum Gasteiger partial charge on any atom is 0.122 e. The van der Waals surface area contributed by atoms with Gasteiger partial charge in [0.05, 0.1) is 18.8 Å². The van der Waals surface area contributed by atoms with Crippen LogP contribution in [0.2, 0.25) is 0 Å². The lowest BCUT2D eigenvalue weighted by Gasteiger charge is -2.37. The minimum Gasteiger partial charge on any atom is -0.490 e. The summed E-state index contributed by atoms with van der Waals surface area (Å²) in [4.78, 5) is 0. The maximum absolute atomic E-state index is 6.33. The molecule has 0 N–H and O–H groups in total. The zero-order valence-corrected chi connectivity index (χ0v) is 13.4. The van der Waals surface area contributed by atoms with Crippen LogP contribution in [-0.4, -0.2) is 31.5 Å². The summed E-state index contributed by atoms with van der Waals surface area (Å²) in [5.41, 5.74) is 2.45. The lowest BCUT2D eigenvalue weighted by atomic mass is 9.91. The van der Waals surface area contributed by atoms with E-state index in [0.29, 0.717) is 5.92 Å². The van der Waals surface area contributed by atoms with Crippen molar-refractivity contribution in [1.29, 1.82) is 0 Å². The van der Waals surface area contributed by atoms with Gasteiger partial charge >= 0.3 is 0 Å². The van der Waals surface area contributed by atoms with E-state index in [2.05, 4.69) is 39.0 Å². The fourth-order valence-electron chi connectivity index (χ4n) is 3.23. The highest BCUT2D eigenvalue weighted by Crippen LogP contribution is 2.35. The molecule has 0 aromatic heterocycles. The number of hydrogen-bond donors (Lipinski definition) is 0. The Labute approximate surface area is 127 Å². The van der Waals surface area contributed by atoms with Crippen molar-refractivity contribution >= 4 is 0 Å². The largest absolute Gasteiger partial charge is 0.490 e. The third-order valence-electron chi connectivity index (χ3n) is 4.69. The second-order valence-electron chi connectivity index (χ2n) is 6.75. The standard InChI is InChI=1S/C18H26O3/c1-13(2)15-5-4-14(3)17(10-15)21-16-6-8-20-18(11-16)7-9-19-12-18/h4-5,10,13,16H,6-9,11-12H2,1-3H3. The minimum absolute atomic E-state index is 0.0908. The molecule has 1 aromatic rings. The molecule has 0 aliphatic carbocycles. The molecule has 0 amide bonds. The number of benzene rings is 1. The van der Waals surface area contributed by atoms with Crippen LogP contribution in [0.15, 0.2) is 18.2 Å². The van der Waals surface area contributed by atoms with Crippen LogP contribution >= 0.6 is 0 Å². The molecular formula is C18H26O3. The lowest BCUT2D eigenvalue weighted by Crippen LogP contribution is -2.44. The van der Waals surface area contributed by atoms with Crippen molar-refractivity contribution in [1.82, 2.24) is 0 Å². The Morgan fingerprint density at radius 3 is 2.86 bits per heavy atom. The number of aryl methyl sites for hydroxylation is 1. The minimum atomic E-state index is -0.0908. The number of hydrogen-bond acceptors (Lipinski definition) is 3. The van der Waals surface area contributed by atoms with Gasteiger partial charge < -0.3 is 14.2 Å². The number of rotatable bonds is 3. The summed E-state index contributed by atoms with van der Waals surface area (Å²) in [6.45, 7) is 8.86. The summed E-state index contributed by atoms with van der Waals surface area (Å²) >= 11 is 0. The normalized spacial score (nSPS) is 29.2. The topological polar surface area (TPSA) is 27.7 Å². The molecule has 116 valence electrons. The molecule has 3 nitrogen and oxygen atoms in total. The van der Waals surface area contributed by atoms with Gasteiger partial charge in [-0.15, -0.1) is 0 Å². The fourth-order valence-corrected chi connectivity index (χ4v) is 3.23. The van der Waals surface area contributed by atoms with Crippen molar-refractivity contribution in [3.8, 4) is 5.75 Å². The molecule has 2 aliphatic rings. The maximum atomic E-state index is 6.33. The van der Waals surface area contributed by atoms with Crippen LogP contribution in [0.3, 0.4) is 0 Å². The summed E-state index contributed by atoms with van der Waals surface area (Å²) in [6.07, 6.45) is 3.14. The molecule has 2 saturated heterocycles. The Kier molecular flexibility index (Phi) is 4.23. The van der Waals surface area contributed by atoms with Gasteiger partial charge in [0.1, 0.15) is 11.9 Å². The average molecular weight is 290 g/mol. The van der Waals surface area contributed by atoms with E-state index in [1.807, 2.05) is 0 Å². The molecule has 0 saturated carbocycles. The molecule has 3 heteroatoms. The van der Waals surface area contributed by atoms with Crippen LogP contribution in [0.4, 0.5) is 0 Å². The van der Waals surface area contributed by atoms with Crippen LogP contribution in [-0.2, 0) is 9.47 Å². The van der Waals surface area contributed by atoms with Crippen LogP contribution in [0.1, 0.15) is 50.2 Å². The molecule has 2 heterocycles. The van der Waals surface area contributed by atoms with E-state index in [4.69, 9.17) is 14.2 Å². The molecule has 2 fully saturated rings. The highest BCUT2D eigenvalue weighted by atomic mass is 16.6. The van der Waals surface area contributed by atoms with Crippen molar-refractivity contribution in [2.24, 2.45) is 0 Å². The first-order chi connectivity index (χ1) is 10.1. The lowest BCUT2D eigenvalue weighted by molar-refractivity contribution is -0.112. The second-order valence-corrected chi connectivity index (χ2v) is 6.75. The Bertz CT molecular complexity index is 489. The van der Waals surface area contributed by atoms with Gasteiger partial charge in [-0.3, -0.25) is 0 Å². The van der Waals surface area contributed by atoms with E-state index in [-0.39, 0.29) is 11.7 Å². The first-order valence-electron chi connectivity index (χ1n) is 8.07. The van der Waals surface area contributed by atoms with Gasteiger partial charge in [0.25, 0.3) is 0 Å². The third kappa shape index (κ3) is 3.24. The Hall–Kier alpha value is -1.06. The molecule has 2 atom stereocenters. The zero-order chi connectivity index (χ0) is 14.9. The summed E-state index contributed by atoms with van der Waals surface area (Å²) in [5.74, 6) is 1.55. The second kappa shape index (κ2) is 5.98. The summed E-state index contributed by atoms with van der Waals surface area (Å²) in [7, 11) is 0. The van der Waals surface area contributed by atoms with Crippen LogP contribution < -0.4 is 4.74 Å². The van der Waals surface area contributed by atoms with Gasteiger partial charge in [-0.1, -0.05) is 26.0 Å². The molecule has 2 aliphatic heterocycles. The van der Waals surface area contributed by atoms with Crippen molar-refractivity contribution in [3.05, 3.63) is 29.3 Å². The van der Waals surface area contributed by atoms with Crippen molar-refractivity contribution < 1.29 is 14.2 Å². The summed E-state index contributed by atoms with van der Waals surface area (Å²) in [6, 6.07) is 6.56. The zero-order valence-electron chi connectivity index (χ0n) is 13.4. The molecule has 1 aromatic carbocycles. The predicted octanol–water partition coefficient (Wildman–Crippen LogP) is 3.84. The smallest absolute Gasteiger partial charge is 0.122 e. The third-order valence-corrected chi connectivity index (χ3v) is 4.69. The van der Waals surface area contributed by atoms with Gasteiger partial charge in [0, 0.05) is 25.9 Å². The molecule has 1 spiro atoms. The predicted molar refractivity (Wildman–Crippen MR) is 83.0 cm³/mol. The highest BCUT2D eigenvalue weighted by Gasteiger charge is 2.41. The van der Waals surface area contributed by atoms with E-state index in [1.54, 1.807) is 0 Å². The van der Waals surface area contributed by atoms with Crippen molar-refractivity contribution in [3.63, 3.8) is 0 Å².